The summed E-state index contributed by atoms with van der Waals surface area (Å²) in [6.45, 7) is 3.98. The Morgan fingerprint density at radius 1 is 1.23 bits per heavy atom. The van der Waals surface area contributed by atoms with Gasteiger partial charge >= 0.3 is 0 Å². The summed E-state index contributed by atoms with van der Waals surface area (Å²) in [7, 11) is 0. The molecule has 1 atom stereocenters. The van der Waals surface area contributed by atoms with Crippen molar-refractivity contribution in [1.82, 2.24) is 5.32 Å². The molecule has 114 valence electrons. The molecule has 0 saturated heterocycles. The molecule has 1 aliphatic rings. The molecule has 0 spiro atoms. The monoisotopic (exact) mass is 299 g/mol. The fraction of sp³-hybridized carbons (Fsp3) is 0.278. The maximum absolute atomic E-state index is 13.3. The van der Waals surface area contributed by atoms with Crippen molar-refractivity contribution in [1.29, 1.82) is 0 Å². The number of hydrogen-bond acceptors (Lipinski definition) is 2. The Hall–Kier alpha value is -2.36. The van der Waals surface area contributed by atoms with E-state index in [2.05, 4.69) is 5.32 Å². The van der Waals surface area contributed by atoms with Crippen molar-refractivity contribution in [3.63, 3.8) is 0 Å². The van der Waals surface area contributed by atoms with E-state index in [1.807, 2.05) is 38.1 Å². The largest absolute Gasteiger partial charge is 0.487 e. The van der Waals surface area contributed by atoms with E-state index >= 15 is 0 Å². The highest BCUT2D eigenvalue weighted by atomic mass is 19.1. The number of ether oxygens (including phenoxy) is 1. The van der Waals surface area contributed by atoms with E-state index in [1.54, 1.807) is 6.07 Å². The summed E-state index contributed by atoms with van der Waals surface area (Å²) >= 11 is 0. The van der Waals surface area contributed by atoms with Crippen LogP contribution in [-0.4, -0.2) is 11.5 Å². The topological polar surface area (TPSA) is 38.3 Å². The standard InChI is InChI=1S/C18H18FNO2/c1-18(2)11-15(14-8-3-4-9-16(14)22-18)20-17(21)12-6-5-7-13(19)10-12/h3-10,15H,11H2,1-2H3,(H,20,21)/t15-/m0/s1. The third kappa shape index (κ3) is 2.96. The van der Waals surface area contributed by atoms with E-state index in [-0.39, 0.29) is 17.6 Å². The van der Waals surface area contributed by atoms with E-state index in [0.717, 1.165) is 11.3 Å². The fourth-order valence-electron chi connectivity index (χ4n) is 2.80. The van der Waals surface area contributed by atoms with Gasteiger partial charge in [-0.1, -0.05) is 24.3 Å². The molecular formula is C18H18FNO2. The van der Waals surface area contributed by atoms with E-state index in [0.29, 0.717) is 12.0 Å². The highest BCUT2D eigenvalue weighted by molar-refractivity contribution is 5.94. The predicted octanol–water partition coefficient (Wildman–Crippen LogP) is 3.86. The zero-order valence-corrected chi connectivity index (χ0v) is 12.6. The summed E-state index contributed by atoms with van der Waals surface area (Å²) in [4.78, 5) is 12.4. The van der Waals surface area contributed by atoms with Gasteiger partial charge in [0.1, 0.15) is 17.2 Å². The van der Waals surface area contributed by atoms with Crippen LogP contribution in [0, 0.1) is 5.82 Å². The lowest BCUT2D eigenvalue weighted by atomic mass is 9.89. The predicted molar refractivity (Wildman–Crippen MR) is 82.4 cm³/mol. The average molecular weight is 299 g/mol. The first kappa shape index (κ1) is 14.6. The Bertz CT molecular complexity index is 712. The summed E-state index contributed by atoms with van der Waals surface area (Å²) in [5.41, 5.74) is 0.905. The third-order valence-corrected chi connectivity index (χ3v) is 3.77. The zero-order valence-electron chi connectivity index (χ0n) is 12.6. The molecule has 22 heavy (non-hydrogen) atoms. The molecule has 3 rings (SSSR count). The summed E-state index contributed by atoms with van der Waals surface area (Å²) in [6.07, 6.45) is 0.658. The molecule has 0 fully saturated rings. The van der Waals surface area contributed by atoms with Gasteiger partial charge in [-0.3, -0.25) is 4.79 Å². The molecule has 0 saturated carbocycles. The first-order chi connectivity index (χ1) is 10.4. The number of rotatable bonds is 2. The van der Waals surface area contributed by atoms with Crippen molar-refractivity contribution in [2.24, 2.45) is 0 Å². The molecule has 0 bridgehead atoms. The van der Waals surface area contributed by atoms with Crippen LogP contribution in [-0.2, 0) is 0 Å². The molecule has 1 heterocycles. The molecule has 1 amide bonds. The molecule has 0 aliphatic carbocycles. The van der Waals surface area contributed by atoms with Crippen LogP contribution >= 0.6 is 0 Å². The minimum absolute atomic E-state index is 0.157. The highest BCUT2D eigenvalue weighted by Gasteiger charge is 2.34. The van der Waals surface area contributed by atoms with Crippen molar-refractivity contribution >= 4 is 5.91 Å². The van der Waals surface area contributed by atoms with Crippen LogP contribution in [0.5, 0.6) is 5.75 Å². The van der Waals surface area contributed by atoms with Gasteiger partial charge in [0.2, 0.25) is 0 Å². The van der Waals surface area contributed by atoms with Crippen LogP contribution in [0.4, 0.5) is 4.39 Å². The number of carbonyl (C=O) groups is 1. The molecule has 1 aliphatic heterocycles. The number of para-hydroxylation sites is 1. The molecule has 0 radical (unpaired) electrons. The minimum Gasteiger partial charge on any atom is -0.487 e. The Kier molecular flexibility index (Phi) is 3.61. The van der Waals surface area contributed by atoms with Gasteiger partial charge in [-0.15, -0.1) is 0 Å². The number of amides is 1. The van der Waals surface area contributed by atoms with E-state index in [1.165, 1.54) is 18.2 Å². The molecule has 4 heteroatoms. The molecule has 0 aromatic heterocycles. The van der Waals surface area contributed by atoms with Gasteiger partial charge in [0.05, 0.1) is 6.04 Å². The lowest BCUT2D eigenvalue weighted by Crippen LogP contribution is -2.41. The second kappa shape index (κ2) is 5.44. The van der Waals surface area contributed by atoms with Crippen molar-refractivity contribution in [3.05, 3.63) is 65.5 Å². The number of nitrogens with one attached hydrogen (secondary N) is 1. The normalized spacial score (nSPS) is 19.0. The molecule has 2 aromatic rings. The smallest absolute Gasteiger partial charge is 0.251 e. The van der Waals surface area contributed by atoms with Gasteiger partial charge in [-0.25, -0.2) is 4.39 Å². The van der Waals surface area contributed by atoms with Crippen LogP contribution in [0.3, 0.4) is 0 Å². The zero-order chi connectivity index (χ0) is 15.7. The molecule has 2 aromatic carbocycles. The second-order valence-electron chi connectivity index (χ2n) is 6.14. The van der Waals surface area contributed by atoms with Crippen molar-refractivity contribution in [2.45, 2.75) is 31.9 Å². The van der Waals surface area contributed by atoms with E-state index in [4.69, 9.17) is 4.74 Å². The third-order valence-electron chi connectivity index (χ3n) is 3.77. The number of hydrogen-bond donors (Lipinski definition) is 1. The summed E-state index contributed by atoms with van der Waals surface area (Å²) < 4.78 is 19.2. The first-order valence-electron chi connectivity index (χ1n) is 7.29. The SMILES string of the molecule is CC1(C)C[C@H](NC(=O)c2cccc(F)c2)c2ccccc2O1. The van der Waals surface area contributed by atoms with Crippen molar-refractivity contribution < 1.29 is 13.9 Å². The van der Waals surface area contributed by atoms with Crippen molar-refractivity contribution in [3.8, 4) is 5.75 Å². The Balaban J connectivity index is 1.87. The summed E-state index contributed by atoms with van der Waals surface area (Å²) in [5, 5.41) is 2.99. The summed E-state index contributed by atoms with van der Waals surface area (Å²) in [5.74, 6) is 0.0839. The highest BCUT2D eigenvalue weighted by Crippen LogP contribution is 2.39. The van der Waals surface area contributed by atoms with E-state index < -0.39 is 5.82 Å². The van der Waals surface area contributed by atoms with Gasteiger partial charge in [0, 0.05) is 17.5 Å². The van der Waals surface area contributed by atoms with Crippen LogP contribution < -0.4 is 10.1 Å². The van der Waals surface area contributed by atoms with Gasteiger partial charge in [-0.2, -0.15) is 0 Å². The van der Waals surface area contributed by atoms with Crippen LogP contribution in [0.25, 0.3) is 0 Å². The van der Waals surface area contributed by atoms with Gasteiger partial charge in [-0.05, 0) is 38.1 Å². The van der Waals surface area contributed by atoms with Crippen LogP contribution in [0.1, 0.15) is 42.2 Å². The molecule has 3 nitrogen and oxygen atoms in total. The molecule has 0 unspecified atom stereocenters. The van der Waals surface area contributed by atoms with Gasteiger partial charge < -0.3 is 10.1 Å². The molecular weight excluding hydrogens is 281 g/mol. The average Bonchev–Trinajstić information content (AvgIpc) is 2.46. The lowest BCUT2D eigenvalue weighted by Gasteiger charge is -2.37. The lowest BCUT2D eigenvalue weighted by molar-refractivity contribution is 0.0619. The number of benzene rings is 2. The Morgan fingerprint density at radius 3 is 2.77 bits per heavy atom. The van der Waals surface area contributed by atoms with Crippen LogP contribution in [0.2, 0.25) is 0 Å². The van der Waals surface area contributed by atoms with Gasteiger partial charge in [0.25, 0.3) is 5.91 Å². The minimum atomic E-state index is -0.416. The number of halogens is 1. The first-order valence-corrected chi connectivity index (χ1v) is 7.29. The van der Waals surface area contributed by atoms with E-state index in [9.17, 15) is 9.18 Å². The number of fused-ring (bicyclic) bond motifs is 1. The number of carbonyl (C=O) groups excluding carboxylic acids is 1. The Labute approximate surface area is 129 Å². The molecule has 1 N–H and O–H groups in total. The maximum atomic E-state index is 13.3. The maximum Gasteiger partial charge on any atom is 0.251 e. The second-order valence-corrected chi connectivity index (χ2v) is 6.14. The fourth-order valence-corrected chi connectivity index (χ4v) is 2.80. The van der Waals surface area contributed by atoms with Gasteiger partial charge in [0.15, 0.2) is 0 Å². The quantitative estimate of drug-likeness (QED) is 0.914. The van der Waals surface area contributed by atoms with Crippen LogP contribution in [0.15, 0.2) is 48.5 Å². The summed E-state index contributed by atoms with van der Waals surface area (Å²) in [6, 6.07) is 13.2. The Morgan fingerprint density at radius 2 is 2.00 bits per heavy atom. The van der Waals surface area contributed by atoms with Crippen molar-refractivity contribution in [2.75, 3.05) is 0 Å².